The Hall–Kier alpha value is -1.04. The van der Waals surface area contributed by atoms with Crippen molar-refractivity contribution in [1.29, 1.82) is 0 Å². The van der Waals surface area contributed by atoms with E-state index < -0.39 is 23.3 Å². The van der Waals surface area contributed by atoms with Gasteiger partial charge in [0.15, 0.2) is 11.6 Å². The molecule has 1 unspecified atom stereocenters. The lowest BCUT2D eigenvalue weighted by atomic mass is 9.91. The molecule has 0 fully saturated rings. The van der Waals surface area contributed by atoms with Crippen LogP contribution >= 0.6 is 0 Å². The van der Waals surface area contributed by atoms with Crippen LogP contribution in [0.25, 0.3) is 0 Å². The molecule has 0 amide bonds. The first kappa shape index (κ1) is 15.0. The van der Waals surface area contributed by atoms with Gasteiger partial charge in [0.25, 0.3) is 0 Å². The first-order chi connectivity index (χ1) is 8.35. The van der Waals surface area contributed by atoms with Crippen molar-refractivity contribution in [3.05, 3.63) is 34.9 Å². The summed E-state index contributed by atoms with van der Waals surface area (Å²) in [5.74, 6) is 3.73. The molecule has 0 aliphatic carbocycles. The van der Waals surface area contributed by atoms with Crippen LogP contribution in [0.5, 0.6) is 0 Å². The van der Waals surface area contributed by atoms with Crippen molar-refractivity contribution in [1.82, 2.24) is 5.43 Å². The maximum Gasteiger partial charge on any atom is 0.164 e. The average molecular weight is 258 g/mol. The summed E-state index contributed by atoms with van der Waals surface area (Å²) in [6, 6.07) is 2.42. The Balaban J connectivity index is 3.22. The standard InChI is InChI=1S/C13H20F2N2O/c1-5-18-13(3,4)12(17-16)9-7-6-8(2)10(14)11(9)15/h6-7,12,17H,5,16H2,1-4H3. The molecule has 0 bridgehead atoms. The molecule has 3 nitrogen and oxygen atoms in total. The third-order valence-electron chi connectivity index (χ3n) is 2.99. The molecule has 0 aliphatic heterocycles. The van der Waals surface area contributed by atoms with Crippen LogP contribution in [0, 0.1) is 18.6 Å². The summed E-state index contributed by atoms with van der Waals surface area (Å²) in [7, 11) is 0. The molecule has 0 aromatic heterocycles. The van der Waals surface area contributed by atoms with Crippen molar-refractivity contribution in [2.75, 3.05) is 6.61 Å². The zero-order valence-electron chi connectivity index (χ0n) is 11.2. The maximum absolute atomic E-state index is 13.9. The van der Waals surface area contributed by atoms with E-state index in [4.69, 9.17) is 10.6 Å². The Labute approximate surface area is 106 Å². The number of benzene rings is 1. The molecule has 0 heterocycles. The number of halogens is 2. The van der Waals surface area contributed by atoms with E-state index in [-0.39, 0.29) is 11.1 Å². The van der Waals surface area contributed by atoms with E-state index >= 15 is 0 Å². The van der Waals surface area contributed by atoms with E-state index in [1.165, 1.54) is 19.1 Å². The highest BCUT2D eigenvalue weighted by Crippen LogP contribution is 2.31. The van der Waals surface area contributed by atoms with E-state index in [9.17, 15) is 8.78 Å². The molecule has 1 aromatic rings. The highest BCUT2D eigenvalue weighted by Gasteiger charge is 2.33. The molecule has 1 rings (SSSR count). The van der Waals surface area contributed by atoms with Gasteiger partial charge in [-0.25, -0.2) is 14.2 Å². The lowest BCUT2D eigenvalue weighted by Gasteiger charge is -2.34. The molecule has 5 heteroatoms. The summed E-state index contributed by atoms with van der Waals surface area (Å²) in [4.78, 5) is 0. The molecule has 0 aliphatic rings. The Bertz CT molecular complexity index is 422. The summed E-state index contributed by atoms with van der Waals surface area (Å²) in [6.07, 6.45) is 0. The fourth-order valence-corrected chi connectivity index (χ4v) is 2.00. The number of ether oxygens (including phenoxy) is 1. The smallest absolute Gasteiger partial charge is 0.164 e. The van der Waals surface area contributed by atoms with E-state index in [0.717, 1.165) is 0 Å². The second kappa shape index (κ2) is 5.73. The molecule has 0 radical (unpaired) electrons. The van der Waals surface area contributed by atoms with E-state index in [1.807, 2.05) is 6.92 Å². The zero-order valence-corrected chi connectivity index (χ0v) is 11.2. The number of nitrogens with one attached hydrogen (secondary N) is 1. The summed E-state index contributed by atoms with van der Waals surface area (Å²) < 4.78 is 33.1. The van der Waals surface area contributed by atoms with Gasteiger partial charge in [-0.05, 0) is 33.3 Å². The fraction of sp³-hybridized carbons (Fsp3) is 0.538. The van der Waals surface area contributed by atoms with Gasteiger partial charge in [-0.3, -0.25) is 5.84 Å². The predicted molar refractivity (Wildman–Crippen MR) is 66.9 cm³/mol. The van der Waals surface area contributed by atoms with E-state index in [1.54, 1.807) is 13.8 Å². The molecule has 3 N–H and O–H groups in total. The Morgan fingerprint density at radius 3 is 2.44 bits per heavy atom. The molecule has 18 heavy (non-hydrogen) atoms. The SMILES string of the molecule is CCOC(C)(C)C(NN)c1ccc(C)c(F)c1F. The second-order valence-corrected chi connectivity index (χ2v) is 4.74. The molecule has 1 aromatic carbocycles. The first-order valence-corrected chi connectivity index (χ1v) is 5.89. The first-order valence-electron chi connectivity index (χ1n) is 5.89. The van der Waals surface area contributed by atoms with E-state index in [0.29, 0.717) is 6.61 Å². The molecule has 0 saturated heterocycles. The van der Waals surface area contributed by atoms with Crippen LogP contribution in [0.3, 0.4) is 0 Å². The number of hydrogen-bond acceptors (Lipinski definition) is 3. The Morgan fingerprint density at radius 1 is 1.33 bits per heavy atom. The highest BCUT2D eigenvalue weighted by atomic mass is 19.2. The van der Waals surface area contributed by atoms with Crippen LogP contribution in [-0.4, -0.2) is 12.2 Å². The van der Waals surface area contributed by atoms with E-state index in [2.05, 4.69) is 5.43 Å². The monoisotopic (exact) mass is 258 g/mol. The largest absolute Gasteiger partial charge is 0.374 e. The van der Waals surface area contributed by atoms with Crippen LogP contribution < -0.4 is 11.3 Å². The number of hydrazine groups is 1. The van der Waals surface area contributed by atoms with Crippen molar-refractivity contribution in [2.24, 2.45) is 5.84 Å². The minimum absolute atomic E-state index is 0.166. The number of rotatable bonds is 5. The molecular weight excluding hydrogens is 238 g/mol. The normalized spacial score (nSPS) is 13.7. The molecule has 0 spiro atoms. The lowest BCUT2D eigenvalue weighted by molar-refractivity contribution is -0.0401. The van der Waals surface area contributed by atoms with Gasteiger partial charge in [-0.15, -0.1) is 0 Å². The highest BCUT2D eigenvalue weighted by molar-refractivity contribution is 5.29. The predicted octanol–water partition coefficient (Wildman–Crippen LogP) is 2.59. The number of aryl methyl sites for hydroxylation is 1. The van der Waals surface area contributed by atoms with Crippen molar-refractivity contribution in [3.63, 3.8) is 0 Å². The Kier molecular flexibility index (Phi) is 4.78. The van der Waals surface area contributed by atoms with Crippen LogP contribution in [0.1, 0.15) is 37.9 Å². The van der Waals surface area contributed by atoms with Crippen molar-refractivity contribution >= 4 is 0 Å². The number of hydrogen-bond donors (Lipinski definition) is 2. The zero-order chi connectivity index (χ0) is 13.9. The third kappa shape index (κ3) is 2.85. The van der Waals surface area contributed by atoms with Crippen LogP contribution in [0.2, 0.25) is 0 Å². The summed E-state index contributed by atoms with van der Waals surface area (Å²) in [6.45, 7) is 7.36. The van der Waals surface area contributed by atoms with Gasteiger partial charge in [0, 0.05) is 12.2 Å². The van der Waals surface area contributed by atoms with Gasteiger partial charge in [-0.1, -0.05) is 12.1 Å². The van der Waals surface area contributed by atoms with Crippen molar-refractivity contribution in [2.45, 2.75) is 39.3 Å². The van der Waals surface area contributed by atoms with Gasteiger partial charge in [-0.2, -0.15) is 0 Å². The van der Waals surface area contributed by atoms with Gasteiger partial charge in [0.2, 0.25) is 0 Å². The summed E-state index contributed by atoms with van der Waals surface area (Å²) >= 11 is 0. The van der Waals surface area contributed by atoms with Crippen LogP contribution in [0.15, 0.2) is 12.1 Å². The Morgan fingerprint density at radius 2 is 1.94 bits per heavy atom. The van der Waals surface area contributed by atoms with Gasteiger partial charge in [0.05, 0.1) is 11.6 Å². The molecule has 102 valence electrons. The summed E-state index contributed by atoms with van der Waals surface area (Å²) in [5, 5.41) is 0. The second-order valence-electron chi connectivity index (χ2n) is 4.74. The van der Waals surface area contributed by atoms with Gasteiger partial charge >= 0.3 is 0 Å². The lowest BCUT2D eigenvalue weighted by Crippen LogP contribution is -2.45. The third-order valence-corrected chi connectivity index (χ3v) is 2.99. The fourth-order valence-electron chi connectivity index (χ4n) is 2.00. The van der Waals surface area contributed by atoms with Crippen LogP contribution in [0.4, 0.5) is 8.78 Å². The van der Waals surface area contributed by atoms with Gasteiger partial charge < -0.3 is 4.74 Å². The summed E-state index contributed by atoms with van der Waals surface area (Å²) in [5.41, 5.74) is 2.19. The quantitative estimate of drug-likeness (QED) is 0.630. The number of nitrogens with two attached hydrogens (primary N) is 1. The minimum atomic E-state index is -0.884. The molecule has 1 atom stereocenters. The molecule has 0 saturated carbocycles. The van der Waals surface area contributed by atoms with Crippen molar-refractivity contribution in [3.8, 4) is 0 Å². The van der Waals surface area contributed by atoms with Gasteiger partial charge in [0.1, 0.15) is 0 Å². The van der Waals surface area contributed by atoms with Crippen molar-refractivity contribution < 1.29 is 13.5 Å². The minimum Gasteiger partial charge on any atom is -0.374 e. The topological polar surface area (TPSA) is 47.3 Å². The maximum atomic E-state index is 13.9. The average Bonchev–Trinajstić information content (AvgIpc) is 2.29. The van der Waals surface area contributed by atoms with Crippen LogP contribution in [-0.2, 0) is 4.74 Å². The molecular formula is C13H20F2N2O.